The van der Waals surface area contributed by atoms with Gasteiger partial charge in [-0.3, -0.25) is 14.2 Å². The Morgan fingerprint density at radius 1 is 1.38 bits per heavy atom. The standard InChI is InChI=1S/C18H24N4O4/c1-3-20-17(24)14-9-12(19)10-22(14)16(23)6-7-21-13-8-11(2)4-5-15(13)26-18(21)25/h4-5,8,12,14H,3,6-7,9-10,19H2,1-2H3,(H,20,24). The van der Waals surface area contributed by atoms with Gasteiger partial charge in [-0.05, 0) is 38.0 Å². The van der Waals surface area contributed by atoms with Crippen LogP contribution in [-0.4, -0.2) is 46.5 Å². The quantitative estimate of drug-likeness (QED) is 0.800. The van der Waals surface area contributed by atoms with E-state index in [-0.39, 0.29) is 30.8 Å². The number of aromatic nitrogens is 1. The van der Waals surface area contributed by atoms with Gasteiger partial charge in [-0.25, -0.2) is 4.79 Å². The van der Waals surface area contributed by atoms with Crippen molar-refractivity contribution in [1.29, 1.82) is 0 Å². The van der Waals surface area contributed by atoms with Crippen LogP contribution in [0.25, 0.3) is 11.1 Å². The predicted molar refractivity (Wildman–Crippen MR) is 96.6 cm³/mol. The van der Waals surface area contributed by atoms with Crippen molar-refractivity contribution in [3.63, 3.8) is 0 Å². The fourth-order valence-electron chi connectivity index (χ4n) is 3.42. The molecule has 0 spiro atoms. The van der Waals surface area contributed by atoms with Crippen LogP contribution in [0.4, 0.5) is 0 Å². The van der Waals surface area contributed by atoms with E-state index >= 15 is 0 Å². The Hall–Kier alpha value is -2.61. The molecule has 3 N–H and O–H groups in total. The molecule has 140 valence electrons. The fourth-order valence-corrected chi connectivity index (χ4v) is 3.42. The van der Waals surface area contributed by atoms with Crippen molar-refractivity contribution in [1.82, 2.24) is 14.8 Å². The monoisotopic (exact) mass is 360 g/mol. The molecule has 1 fully saturated rings. The molecule has 1 saturated heterocycles. The average Bonchev–Trinajstić information content (AvgIpc) is 3.12. The smallest absolute Gasteiger partial charge is 0.408 e. The molecular weight excluding hydrogens is 336 g/mol. The predicted octanol–water partition coefficient (Wildman–Crippen LogP) is 0.357. The molecule has 0 saturated carbocycles. The van der Waals surface area contributed by atoms with E-state index in [0.29, 0.717) is 30.6 Å². The van der Waals surface area contributed by atoms with Gasteiger partial charge in [0.25, 0.3) is 0 Å². The number of benzene rings is 1. The van der Waals surface area contributed by atoms with Crippen molar-refractivity contribution < 1.29 is 14.0 Å². The van der Waals surface area contributed by atoms with E-state index in [9.17, 15) is 14.4 Å². The summed E-state index contributed by atoms with van der Waals surface area (Å²) in [6.45, 7) is 4.80. The molecule has 1 aromatic carbocycles. The first-order valence-corrected chi connectivity index (χ1v) is 8.83. The molecular formula is C18H24N4O4. The van der Waals surface area contributed by atoms with Gasteiger partial charge in [0.1, 0.15) is 6.04 Å². The highest BCUT2D eigenvalue weighted by Gasteiger charge is 2.37. The molecule has 2 heterocycles. The highest BCUT2D eigenvalue weighted by Crippen LogP contribution is 2.19. The maximum absolute atomic E-state index is 12.7. The molecule has 8 nitrogen and oxygen atoms in total. The maximum Gasteiger partial charge on any atom is 0.419 e. The number of amides is 2. The largest absolute Gasteiger partial charge is 0.419 e. The van der Waals surface area contributed by atoms with E-state index in [1.54, 1.807) is 6.07 Å². The second-order valence-corrected chi connectivity index (χ2v) is 6.69. The number of fused-ring (bicyclic) bond motifs is 1. The molecule has 2 aromatic rings. The molecule has 2 amide bonds. The van der Waals surface area contributed by atoms with Gasteiger partial charge in [-0.1, -0.05) is 6.07 Å². The molecule has 3 rings (SSSR count). The van der Waals surface area contributed by atoms with Gasteiger partial charge in [0.15, 0.2) is 5.58 Å². The summed E-state index contributed by atoms with van der Waals surface area (Å²) in [6, 6.07) is 4.70. The van der Waals surface area contributed by atoms with Gasteiger partial charge in [0.2, 0.25) is 11.8 Å². The number of hydrogen-bond donors (Lipinski definition) is 2. The summed E-state index contributed by atoms with van der Waals surface area (Å²) < 4.78 is 6.67. The van der Waals surface area contributed by atoms with Crippen molar-refractivity contribution in [2.24, 2.45) is 5.73 Å². The molecule has 0 aliphatic carbocycles. The zero-order chi connectivity index (χ0) is 18.8. The molecule has 2 unspecified atom stereocenters. The van der Waals surface area contributed by atoms with Gasteiger partial charge in [0.05, 0.1) is 5.52 Å². The van der Waals surface area contributed by atoms with Crippen molar-refractivity contribution in [2.75, 3.05) is 13.1 Å². The Bertz CT molecular complexity index is 885. The number of oxazole rings is 1. The Morgan fingerprint density at radius 3 is 2.88 bits per heavy atom. The van der Waals surface area contributed by atoms with E-state index in [2.05, 4.69) is 5.32 Å². The van der Waals surface area contributed by atoms with Gasteiger partial charge in [-0.2, -0.15) is 0 Å². The third-order valence-corrected chi connectivity index (χ3v) is 4.68. The molecule has 0 bridgehead atoms. The third kappa shape index (κ3) is 3.50. The molecule has 1 aromatic heterocycles. The first-order chi connectivity index (χ1) is 12.4. The average molecular weight is 360 g/mol. The Kier molecular flexibility index (Phi) is 5.13. The lowest BCUT2D eigenvalue weighted by molar-refractivity contribution is -0.138. The summed E-state index contributed by atoms with van der Waals surface area (Å²) in [6.07, 6.45) is 0.552. The summed E-state index contributed by atoms with van der Waals surface area (Å²) in [5.74, 6) is -0.866. The van der Waals surface area contributed by atoms with E-state index in [1.165, 1.54) is 9.47 Å². The first kappa shape index (κ1) is 18.2. The lowest BCUT2D eigenvalue weighted by Crippen LogP contribution is -2.46. The molecule has 8 heteroatoms. The zero-order valence-corrected chi connectivity index (χ0v) is 15.0. The fraction of sp³-hybridized carbons (Fsp3) is 0.500. The minimum absolute atomic E-state index is 0.102. The minimum atomic E-state index is -0.544. The van der Waals surface area contributed by atoms with Crippen molar-refractivity contribution in [3.05, 3.63) is 34.3 Å². The summed E-state index contributed by atoms with van der Waals surface area (Å²) in [7, 11) is 0. The van der Waals surface area contributed by atoms with Gasteiger partial charge < -0.3 is 20.4 Å². The number of carbonyl (C=O) groups is 2. The Labute approximate surface area is 150 Å². The Balaban J connectivity index is 1.74. The summed E-state index contributed by atoms with van der Waals surface area (Å²) in [5, 5.41) is 2.74. The van der Waals surface area contributed by atoms with E-state index in [1.807, 2.05) is 26.0 Å². The van der Waals surface area contributed by atoms with Gasteiger partial charge >= 0.3 is 5.76 Å². The van der Waals surface area contributed by atoms with Crippen LogP contribution < -0.4 is 16.8 Å². The number of hydrogen-bond acceptors (Lipinski definition) is 5. The van der Waals surface area contributed by atoms with Crippen LogP contribution in [0.1, 0.15) is 25.3 Å². The second-order valence-electron chi connectivity index (χ2n) is 6.69. The van der Waals surface area contributed by atoms with Crippen LogP contribution in [0.5, 0.6) is 0 Å². The summed E-state index contributed by atoms with van der Waals surface area (Å²) >= 11 is 0. The van der Waals surface area contributed by atoms with E-state index < -0.39 is 11.8 Å². The Morgan fingerprint density at radius 2 is 2.15 bits per heavy atom. The summed E-state index contributed by atoms with van der Waals surface area (Å²) in [5.41, 5.74) is 8.11. The van der Waals surface area contributed by atoms with E-state index in [4.69, 9.17) is 10.2 Å². The lowest BCUT2D eigenvalue weighted by atomic mass is 10.1. The third-order valence-electron chi connectivity index (χ3n) is 4.68. The topological polar surface area (TPSA) is 111 Å². The van der Waals surface area contributed by atoms with Crippen LogP contribution in [-0.2, 0) is 16.1 Å². The number of aryl methyl sites for hydroxylation is 2. The van der Waals surface area contributed by atoms with Gasteiger partial charge in [0, 0.05) is 32.1 Å². The van der Waals surface area contributed by atoms with Crippen molar-refractivity contribution >= 4 is 22.9 Å². The molecule has 26 heavy (non-hydrogen) atoms. The minimum Gasteiger partial charge on any atom is -0.408 e. The highest BCUT2D eigenvalue weighted by molar-refractivity contribution is 5.88. The second kappa shape index (κ2) is 7.33. The van der Waals surface area contributed by atoms with E-state index in [0.717, 1.165) is 5.56 Å². The number of likely N-dealkylation sites (N-methyl/N-ethyl adjacent to an activating group) is 1. The number of carbonyl (C=O) groups excluding carboxylic acids is 2. The molecule has 2 atom stereocenters. The van der Waals surface area contributed by atoms with Crippen LogP contribution in [0.2, 0.25) is 0 Å². The highest BCUT2D eigenvalue weighted by atomic mass is 16.4. The van der Waals surface area contributed by atoms with Crippen LogP contribution >= 0.6 is 0 Å². The molecule has 0 radical (unpaired) electrons. The van der Waals surface area contributed by atoms with Crippen LogP contribution in [0.3, 0.4) is 0 Å². The number of nitrogens with one attached hydrogen (secondary N) is 1. The number of nitrogens with zero attached hydrogens (tertiary/aromatic N) is 2. The van der Waals surface area contributed by atoms with Crippen LogP contribution in [0, 0.1) is 6.92 Å². The number of rotatable bonds is 5. The lowest BCUT2D eigenvalue weighted by Gasteiger charge is -2.23. The summed E-state index contributed by atoms with van der Waals surface area (Å²) in [4.78, 5) is 38.4. The number of nitrogens with two attached hydrogens (primary N) is 1. The SMILES string of the molecule is CCNC(=O)C1CC(N)CN1C(=O)CCn1c(=O)oc2ccc(C)cc21. The van der Waals surface area contributed by atoms with Crippen molar-refractivity contribution in [2.45, 2.75) is 45.3 Å². The van der Waals surface area contributed by atoms with Gasteiger partial charge in [-0.15, -0.1) is 0 Å². The van der Waals surface area contributed by atoms with Crippen LogP contribution in [0.15, 0.2) is 27.4 Å². The van der Waals surface area contributed by atoms with Crippen molar-refractivity contribution in [3.8, 4) is 0 Å². The first-order valence-electron chi connectivity index (χ1n) is 8.83. The zero-order valence-electron chi connectivity index (χ0n) is 15.0. The normalized spacial score (nSPS) is 19.9. The molecule has 1 aliphatic rings. The number of likely N-dealkylation sites (tertiary alicyclic amines) is 1. The maximum atomic E-state index is 12.7. The molecule has 1 aliphatic heterocycles.